The first-order chi connectivity index (χ1) is 10.3. The molecule has 0 aliphatic carbocycles. The molecule has 2 aromatic carbocycles. The molecule has 5 heteroatoms. The number of imidazole rings is 1. The lowest BCUT2D eigenvalue weighted by Crippen LogP contribution is -2.17. The number of nitrogens with one attached hydrogen (secondary N) is 1. The Balaban J connectivity index is 1.96. The van der Waals surface area contributed by atoms with Crippen LogP contribution in [-0.4, -0.2) is 14.5 Å². The Morgan fingerprint density at radius 1 is 1.14 bits per heavy atom. The van der Waals surface area contributed by atoms with Gasteiger partial charge in [0.1, 0.15) is 0 Å². The number of para-hydroxylation sites is 3. The van der Waals surface area contributed by atoms with Crippen LogP contribution in [0.4, 0.5) is 5.13 Å². The molecule has 0 aliphatic rings. The summed E-state index contributed by atoms with van der Waals surface area (Å²) in [6.07, 6.45) is 0. The van der Waals surface area contributed by atoms with Crippen molar-refractivity contribution in [2.75, 3.05) is 0 Å². The number of benzene rings is 2. The maximum Gasteiger partial charge on any atom is 0.213 e. The lowest BCUT2D eigenvalue weighted by Gasteiger charge is -1.98. The van der Waals surface area contributed by atoms with Crippen LogP contribution in [0.2, 0.25) is 0 Å². The minimum atomic E-state index is 0.782. The van der Waals surface area contributed by atoms with E-state index in [1.807, 2.05) is 30.3 Å². The summed E-state index contributed by atoms with van der Waals surface area (Å²) in [5.41, 5.74) is 4.11. The summed E-state index contributed by atoms with van der Waals surface area (Å²) >= 11 is 1.61. The highest BCUT2D eigenvalue weighted by Gasteiger charge is 2.05. The average Bonchev–Trinajstić information content (AvgIpc) is 3.06. The van der Waals surface area contributed by atoms with Gasteiger partial charge >= 0.3 is 0 Å². The summed E-state index contributed by atoms with van der Waals surface area (Å²) in [5.74, 6) is 0. The fourth-order valence-electron chi connectivity index (χ4n) is 2.52. The fourth-order valence-corrected chi connectivity index (χ4v) is 3.36. The molecule has 4 rings (SSSR count). The molecule has 0 saturated carbocycles. The lowest BCUT2D eigenvalue weighted by atomic mass is 10.3. The Bertz CT molecular complexity index is 957. The SMILES string of the molecule is CCn1/c(=N/c2nc3ccccc3s2)[nH]c2ccccc21. The topological polar surface area (TPSA) is 46.0 Å². The number of rotatable bonds is 2. The molecule has 2 aromatic heterocycles. The molecule has 0 amide bonds. The van der Waals surface area contributed by atoms with Crippen LogP contribution >= 0.6 is 11.3 Å². The monoisotopic (exact) mass is 294 g/mol. The summed E-state index contributed by atoms with van der Waals surface area (Å²) in [4.78, 5) is 12.6. The van der Waals surface area contributed by atoms with Gasteiger partial charge in [0.05, 0.1) is 21.3 Å². The number of thiazole rings is 1. The first kappa shape index (κ1) is 12.3. The van der Waals surface area contributed by atoms with Gasteiger partial charge in [0.2, 0.25) is 10.7 Å². The molecule has 1 N–H and O–H groups in total. The number of H-pyrrole nitrogens is 1. The standard InChI is InChI=1S/C16H14N4S/c1-2-20-13-9-5-3-7-11(13)17-15(20)19-16-18-12-8-4-6-10-14(12)21-16/h3-10H,2H2,1H3,(H,17,18,19). The van der Waals surface area contributed by atoms with Gasteiger partial charge in [-0.3, -0.25) is 0 Å². The van der Waals surface area contributed by atoms with Crippen LogP contribution in [0, 0.1) is 0 Å². The Hall–Kier alpha value is -2.40. The third-order valence-electron chi connectivity index (χ3n) is 3.50. The highest BCUT2D eigenvalue weighted by Crippen LogP contribution is 2.27. The first-order valence-corrected chi connectivity index (χ1v) is 7.74. The maximum absolute atomic E-state index is 4.70. The zero-order chi connectivity index (χ0) is 14.2. The Morgan fingerprint density at radius 3 is 2.81 bits per heavy atom. The van der Waals surface area contributed by atoms with Crippen LogP contribution in [-0.2, 0) is 6.54 Å². The molecule has 0 fully saturated rings. The van der Waals surface area contributed by atoms with Gasteiger partial charge in [-0.05, 0) is 31.2 Å². The largest absolute Gasteiger partial charge is 0.324 e. The van der Waals surface area contributed by atoms with E-state index in [0.717, 1.165) is 33.0 Å². The minimum Gasteiger partial charge on any atom is -0.324 e. The van der Waals surface area contributed by atoms with Crippen LogP contribution in [0.15, 0.2) is 53.5 Å². The normalized spacial score (nSPS) is 12.5. The molecular formula is C16H14N4S. The number of aryl methyl sites for hydroxylation is 1. The van der Waals surface area contributed by atoms with E-state index in [1.54, 1.807) is 11.3 Å². The molecule has 21 heavy (non-hydrogen) atoms. The van der Waals surface area contributed by atoms with Crippen molar-refractivity contribution in [2.24, 2.45) is 4.99 Å². The van der Waals surface area contributed by atoms with E-state index in [0.29, 0.717) is 0 Å². The van der Waals surface area contributed by atoms with Crippen molar-refractivity contribution in [2.45, 2.75) is 13.5 Å². The number of fused-ring (bicyclic) bond motifs is 2. The smallest absolute Gasteiger partial charge is 0.213 e. The maximum atomic E-state index is 4.70. The van der Waals surface area contributed by atoms with E-state index in [-0.39, 0.29) is 0 Å². The van der Waals surface area contributed by atoms with Crippen molar-refractivity contribution in [1.82, 2.24) is 14.5 Å². The van der Waals surface area contributed by atoms with Crippen LogP contribution in [0.3, 0.4) is 0 Å². The van der Waals surface area contributed by atoms with Gasteiger partial charge in [0.15, 0.2) is 0 Å². The number of aromatic amines is 1. The van der Waals surface area contributed by atoms with Gasteiger partial charge in [0.25, 0.3) is 0 Å². The quantitative estimate of drug-likeness (QED) is 0.600. The van der Waals surface area contributed by atoms with Gasteiger partial charge in [0, 0.05) is 6.54 Å². The van der Waals surface area contributed by atoms with Gasteiger partial charge in [-0.25, -0.2) is 4.98 Å². The fraction of sp³-hybridized carbons (Fsp3) is 0.125. The molecule has 104 valence electrons. The van der Waals surface area contributed by atoms with Crippen molar-refractivity contribution in [1.29, 1.82) is 0 Å². The van der Waals surface area contributed by atoms with Crippen LogP contribution < -0.4 is 5.62 Å². The van der Waals surface area contributed by atoms with E-state index >= 15 is 0 Å². The number of hydrogen-bond acceptors (Lipinski definition) is 3. The number of aromatic nitrogens is 3. The summed E-state index contributed by atoms with van der Waals surface area (Å²) in [6.45, 7) is 2.99. The summed E-state index contributed by atoms with van der Waals surface area (Å²) in [7, 11) is 0. The van der Waals surface area contributed by atoms with E-state index in [9.17, 15) is 0 Å². The van der Waals surface area contributed by atoms with Gasteiger partial charge < -0.3 is 9.55 Å². The molecule has 0 spiro atoms. The van der Waals surface area contributed by atoms with Crippen molar-refractivity contribution in [3.8, 4) is 0 Å². The van der Waals surface area contributed by atoms with Gasteiger partial charge in [-0.15, -0.1) is 0 Å². The van der Waals surface area contributed by atoms with Crippen molar-refractivity contribution in [3.63, 3.8) is 0 Å². The third kappa shape index (κ3) is 2.06. The molecule has 0 atom stereocenters. The van der Waals surface area contributed by atoms with Crippen LogP contribution in [0.25, 0.3) is 21.3 Å². The lowest BCUT2D eigenvalue weighted by molar-refractivity contribution is 0.735. The van der Waals surface area contributed by atoms with E-state index < -0.39 is 0 Å². The van der Waals surface area contributed by atoms with Crippen LogP contribution in [0.5, 0.6) is 0 Å². The minimum absolute atomic E-state index is 0.782. The molecule has 0 bridgehead atoms. The summed E-state index contributed by atoms with van der Waals surface area (Å²) in [6, 6.07) is 16.4. The Morgan fingerprint density at radius 2 is 1.95 bits per heavy atom. The number of hydrogen-bond donors (Lipinski definition) is 1. The van der Waals surface area contributed by atoms with E-state index in [4.69, 9.17) is 4.99 Å². The zero-order valence-corrected chi connectivity index (χ0v) is 12.4. The molecule has 0 unspecified atom stereocenters. The second kappa shape index (κ2) is 4.86. The highest BCUT2D eigenvalue weighted by atomic mass is 32.1. The predicted molar refractivity (Wildman–Crippen MR) is 86.8 cm³/mol. The van der Waals surface area contributed by atoms with Gasteiger partial charge in [-0.1, -0.05) is 35.6 Å². The molecule has 0 saturated heterocycles. The summed E-state index contributed by atoms with van der Waals surface area (Å²) < 4.78 is 3.33. The molecule has 0 radical (unpaired) electrons. The van der Waals surface area contributed by atoms with Crippen molar-refractivity contribution < 1.29 is 0 Å². The predicted octanol–water partition coefficient (Wildman–Crippen LogP) is 3.83. The third-order valence-corrected chi connectivity index (χ3v) is 4.43. The molecular weight excluding hydrogens is 280 g/mol. The van der Waals surface area contributed by atoms with E-state index in [2.05, 4.69) is 39.7 Å². The van der Waals surface area contributed by atoms with Crippen molar-refractivity contribution in [3.05, 3.63) is 54.1 Å². The second-order valence-corrected chi connectivity index (χ2v) is 5.80. The average molecular weight is 294 g/mol. The van der Waals surface area contributed by atoms with Crippen molar-refractivity contribution >= 4 is 37.7 Å². The zero-order valence-electron chi connectivity index (χ0n) is 11.6. The second-order valence-electron chi connectivity index (χ2n) is 4.79. The van der Waals surface area contributed by atoms with E-state index in [1.165, 1.54) is 5.52 Å². The molecule has 0 aliphatic heterocycles. The van der Waals surface area contributed by atoms with Gasteiger partial charge in [-0.2, -0.15) is 4.99 Å². The van der Waals surface area contributed by atoms with Crippen LogP contribution in [0.1, 0.15) is 6.92 Å². The number of nitrogens with zero attached hydrogens (tertiary/aromatic N) is 3. The first-order valence-electron chi connectivity index (χ1n) is 6.93. The Labute approximate surface area is 125 Å². The molecule has 2 heterocycles. The molecule has 4 aromatic rings. The highest BCUT2D eigenvalue weighted by molar-refractivity contribution is 7.21. The summed E-state index contributed by atoms with van der Waals surface area (Å²) in [5, 5.41) is 0.782. The molecule has 4 nitrogen and oxygen atoms in total. The Kier molecular flexibility index (Phi) is 2.86.